The quantitative estimate of drug-likeness (QED) is 0.701. The Bertz CT molecular complexity index is 984. The molecular formula is C21H20N4OS. The van der Waals surface area contributed by atoms with E-state index in [1.165, 1.54) is 11.1 Å². The Balaban J connectivity index is 1.28. The summed E-state index contributed by atoms with van der Waals surface area (Å²) in [6.45, 7) is 1.26. The number of benzene rings is 2. The number of rotatable bonds is 4. The van der Waals surface area contributed by atoms with Gasteiger partial charge in [-0.25, -0.2) is 4.98 Å². The lowest BCUT2D eigenvalue weighted by Gasteiger charge is -2.22. The highest BCUT2D eigenvalue weighted by Gasteiger charge is 2.24. The van der Waals surface area contributed by atoms with Gasteiger partial charge in [-0.05, 0) is 42.2 Å². The molecule has 2 heterocycles. The van der Waals surface area contributed by atoms with E-state index in [9.17, 15) is 0 Å². The maximum atomic E-state index is 5.89. The Labute approximate surface area is 162 Å². The number of amidine groups is 1. The molecule has 1 unspecified atom stereocenters. The van der Waals surface area contributed by atoms with Gasteiger partial charge in [0, 0.05) is 22.8 Å². The zero-order chi connectivity index (χ0) is 18.1. The van der Waals surface area contributed by atoms with Gasteiger partial charge in [0.1, 0.15) is 11.6 Å². The minimum atomic E-state index is 0.278. The van der Waals surface area contributed by atoms with Crippen molar-refractivity contribution in [3.63, 3.8) is 0 Å². The second kappa shape index (κ2) is 7.04. The first-order valence-electron chi connectivity index (χ1n) is 9.16. The number of nitrogens with zero attached hydrogens (tertiary/aromatic N) is 2. The number of thiazole rings is 1. The molecule has 6 heteroatoms. The van der Waals surface area contributed by atoms with Crippen LogP contribution in [-0.2, 0) is 24.3 Å². The first kappa shape index (κ1) is 16.3. The van der Waals surface area contributed by atoms with Crippen LogP contribution in [0, 0.1) is 0 Å². The molecule has 0 radical (unpaired) electrons. The maximum absolute atomic E-state index is 5.89. The van der Waals surface area contributed by atoms with E-state index in [2.05, 4.69) is 57.0 Å². The number of hydrogen-bond donors (Lipinski definition) is 2. The van der Waals surface area contributed by atoms with E-state index >= 15 is 0 Å². The molecule has 2 aliphatic rings. The highest BCUT2D eigenvalue weighted by atomic mass is 32.1. The number of aromatic nitrogens is 1. The third-order valence-electron chi connectivity index (χ3n) is 5.02. The summed E-state index contributed by atoms with van der Waals surface area (Å²) in [5, 5.41) is 9.95. The Hall–Kier alpha value is -2.86. The number of fused-ring (bicyclic) bond motifs is 2. The standard InChI is InChI=1S/C21H20N4OS/c1-2-4-17-14(3-1)5-7-19(17)25-21-24-18-8-6-16(11-15(18)13-26-21)23-12-20-22-9-10-27-20/h1-4,6,8-11,19,23H,5,7,12-13H2,(H,24,25). The first-order valence-corrected chi connectivity index (χ1v) is 10.0. The molecule has 1 aliphatic carbocycles. The summed E-state index contributed by atoms with van der Waals surface area (Å²) in [5.74, 6) is 0. The summed E-state index contributed by atoms with van der Waals surface area (Å²) in [6.07, 6.45) is 4.01. The van der Waals surface area contributed by atoms with E-state index in [0.717, 1.165) is 41.3 Å². The zero-order valence-electron chi connectivity index (χ0n) is 14.8. The lowest BCUT2D eigenvalue weighted by Crippen LogP contribution is -2.30. The predicted octanol–water partition coefficient (Wildman–Crippen LogP) is 4.55. The van der Waals surface area contributed by atoms with E-state index in [0.29, 0.717) is 12.6 Å². The van der Waals surface area contributed by atoms with Crippen LogP contribution in [0.5, 0.6) is 0 Å². The summed E-state index contributed by atoms with van der Waals surface area (Å²) >= 11 is 1.65. The molecule has 5 rings (SSSR count). The molecule has 1 aliphatic heterocycles. The van der Waals surface area contributed by atoms with Gasteiger partial charge in [-0.3, -0.25) is 0 Å². The van der Waals surface area contributed by atoms with Crippen LogP contribution in [0.1, 0.15) is 34.2 Å². The van der Waals surface area contributed by atoms with Crippen molar-refractivity contribution in [3.05, 3.63) is 75.7 Å². The number of anilines is 1. The van der Waals surface area contributed by atoms with Crippen molar-refractivity contribution in [2.45, 2.75) is 32.0 Å². The fourth-order valence-corrected chi connectivity index (χ4v) is 4.21. The summed E-state index contributed by atoms with van der Waals surface area (Å²) in [6, 6.07) is 15.7. The molecule has 0 fully saturated rings. The maximum Gasteiger partial charge on any atom is 0.290 e. The van der Waals surface area contributed by atoms with Gasteiger partial charge in [0.25, 0.3) is 6.02 Å². The predicted molar refractivity (Wildman–Crippen MR) is 108 cm³/mol. The largest absolute Gasteiger partial charge is 0.460 e. The molecule has 0 bridgehead atoms. The van der Waals surface area contributed by atoms with Gasteiger partial charge < -0.3 is 15.4 Å². The summed E-state index contributed by atoms with van der Waals surface area (Å²) in [5.41, 5.74) is 5.90. The van der Waals surface area contributed by atoms with Crippen molar-refractivity contribution in [1.82, 2.24) is 10.3 Å². The Morgan fingerprint density at radius 2 is 2.11 bits per heavy atom. The second-order valence-electron chi connectivity index (χ2n) is 6.76. The van der Waals surface area contributed by atoms with Crippen LogP contribution in [0.15, 0.2) is 59.0 Å². The lowest BCUT2D eigenvalue weighted by molar-refractivity contribution is 0.266. The third-order valence-corrected chi connectivity index (χ3v) is 5.80. The highest BCUT2D eigenvalue weighted by molar-refractivity contribution is 7.09. The van der Waals surface area contributed by atoms with Gasteiger partial charge in [0.05, 0.1) is 18.3 Å². The first-order chi connectivity index (χ1) is 13.3. The van der Waals surface area contributed by atoms with Crippen LogP contribution in [-0.4, -0.2) is 11.0 Å². The molecule has 0 saturated heterocycles. The average molecular weight is 376 g/mol. The molecule has 2 aromatic carbocycles. The number of hydrogen-bond acceptors (Lipinski definition) is 6. The van der Waals surface area contributed by atoms with Crippen LogP contribution in [0.25, 0.3) is 0 Å². The molecular weight excluding hydrogens is 356 g/mol. The van der Waals surface area contributed by atoms with Crippen LogP contribution < -0.4 is 10.6 Å². The highest BCUT2D eigenvalue weighted by Crippen LogP contribution is 2.32. The van der Waals surface area contributed by atoms with Gasteiger partial charge >= 0.3 is 0 Å². The smallest absolute Gasteiger partial charge is 0.290 e. The molecule has 3 aromatic rings. The number of aryl methyl sites for hydroxylation is 1. The van der Waals surface area contributed by atoms with Gasteiger partial charge in [0.15, 0.2) is 0 Å². The summed E-state index contributed by atoms with van der Waals surface area (Å²) < 4.78 is 5.89. The minimum Gasteiger partial charge on any atom is -0.460 e. The summed E-state index contributed by atoms with van der Waals surface area (Å²) in [7, 11) is 0. The van der Waals surface area contributed by atoms with E-state index in [1.54, 1.807) is 11.3 Å². The van der Waals surface area contributed by atoms with Crippen molar-refractivity contribution in [2.75, 3.05) is 5.32 Å². The van der Waals surface area contributed by atoms with E-state index in [4.69, 9.17) is 4.74 Å². The van der Waals surface area contributed by atoms with Crippen molar-refractivity contribution < 1.29 is 4.74 Å². The molecule has 2 N–H and O–H groups in total. The van der Waals surface area contributed by atoms with E-state index < -0.39 is 0 Å². The molecule has 0 spiro atoms. The van der Waals surface area contributed by atoms with E-state index in [-0.39, 0.29) is 6.04 Å². The van der Waals surface area contributed by atoms with Gasteiger partial charge in [0.2, 0.25) is 0 Å². The SMILES string of the molecule is c1ccc2c(c1)CCC2NC1=Nc2ccc(NCc3nccs3)cc2CO1. The second-order valence-corrected chi connectivity index (χ2v) is 7.74. The molecule has 136 valence electrons. The molecule has 0 amide bonds. The molecule has 1 aromatic heterocycles. The van der Waals surface area contributed by atoms with Crippen LogP contribution in [0.4, 0.5) is 11.4 Å². The van der Waals surface area contributed by atoms with Gasteiger partial charge in [-0.2, -0.15) is 4.99 Å². The Morgan fingerprint density at radius 1 is 1.15 bits per heavy atom. The number of nitrogens with one attached hydrogen (secondary N) is 2. The number of ether oxygens (including phenoxy) is 1. The normalized spacial score (nSPS) is 17.5. The Morgan fingerprint density at radius 3 is 3.04 bits per heavy atom. The van der Waals surface area contributed by atoms with Gasteiger partial charge in [-0.1, -0.05) is 24.3 Å². The fraction of sp³-hybridized carbons (Fsp3) is 0.238. The molecule has 1 atom stereocenters. The summed E-state index contributed by atoms with van der Waals surface area (Å²) in [4.78, 5) is 8.97. The van der Waals surface area contributed by atoms with Crippen molar-refractivity contribution in [1.29, 1.82) is 0 Å². The molecule has 0 saturated carbocycles. The monoisotopic (exact) mass is 376 g/mol. The third kappa shape index (κ3) is 3.40. The van der Waals surface area contributed by atoms with Crippen LogP contribution in [0.2, 0.25) is 0 Å². The van der Waals surface area contributed by atoms with Crippen LogP contribution >= 0.6 is 11.3 Å². The Kier molecular flexibility index (Phi) is 4.26. The fourth-order valence-electron chi connectivity index (χ4n) is 3.66. The van der Waals surface area contributed by atoms with E-state index in [1.807, 2.05) is 17.6 Å². The van der Waals surface area contributed by atoms with Gasteiger partial charge in [-0.15, -0.1) is 11.3 Å². The van der Waals surface area contributed by atoms with Crippen molar-refractivity contribution in [3.8, 4) is 0 Å². The topological polar surface area (TPSA) is 58.5 Å². The molecule has 5 nitrogen and oxygen atoms in total. The minimum absolute atomic E-state index is 0.278. The number of aliphatic imine (C=N–C) groups is 1. The van der Waals surface area contributed by atoms with Crippen molar-refractivity contribution in [2.24, 2.45) is 4.99 Å². The van der Waals surface area contributed by atoms with Crippen molar-refractivity contribution >= 4 is 28.7 Å². The average Bonchev–Trinajstić information content (AvgIpc) is 3.37. The molecule has 27 heavy (non-hydrogen) atoms. The van der Waals surface area contributed by atoms with Crippen LogP contribution in [0.3, 0.4) is 0 Å². The lowest BCUT2D eigenvalue weighted by atomic mass is 10.1. The zero-order valence-corrected chi connectivity index (χ0v) is 15.6.